The van der Waals surface area contributed by atoms with Gasteiger partial charge in [0.2, 0.25) is 0 Å². The fourth-order valence-corrected chi connectivity index (χ4v) is 4.31. The van der Waals surface area contributed by atoms with Gasteiger partial charge in [-0.2, -0.15) is 17.0 Å². The van der Waals surface area contributed by atoms with Crippen molar-refractivity contribution in [2.24, 2.45) is 0 Å². The van der Waals surface area contributed by atoms with Crippen LogP contribution in [0.25, 0.3) is 0 Å². The normalized spacial score (nSPS) is 18.8. The van der Waals surface area contributed by atoms with E-state index in [1.807, 2.05) is 44.2 Å². The largest absolute Gasteiger partial charge is 0.314 e. The zero-order valence-corrected chi connectivity index (χ0v) is 13.6. The summed E-state index contributed by atoms with van der Waals surface area (Å²) in [6, 6.07) is 9.78. The van der Waals surface area contributed by atoms with E-state index < -0.39 is 10.2 Å². The Morgan fingerprint density at radius 3 is 2.43 bits per heavy atom. The molecule has 118 valence electrons. The monoisotopic (exact) mass is 311 g/mol. The van der Waals surface area contributed by atoms with E-state index in [2.05, 4.69) is 5.32 Å². The van der Waals surface area contributed by atoms with Crippen molar-refractivity contribution < 1.29 is 8.42 Å². The van der Waals surface area contributed by atoms with E-state index in [1.54, 1.807) is 8.61 Å². The lowest BCUT2D eigenvalue weighted by molar-refractivity contribution is 0.271. The van der Waals surface area contributed by atoms with E-state index in [4.69, 9.17) is 0 Å². The highest BCUT2D eigenvalue weighted by Crippen LogP contribution is 2.19. The van der Waals surface area contributed by atoms with Crippen molar-refractivity contribution in [3.8, 4) is 0 Å². The molecule has 1 aromatic rings. The SMILES string of the molecule is CCC(C)N(Cc1ccccc1)S(=O)(=O)N1CCNCC1. The molecule has 1 saturated heterocycles. The average molecular weight is 311 g/mol. The Labute approximate surface area is 128 Å². The van der Waals surface area contributed by atoms with Gasteiger partial charge in [-0.1, -0.05) is 37.3 Å². The summed E-state index contributed by atoms with van der Waals surface area (Å²) in [5, 5.41) is 3.19. The Morgan fingerprint density at radius 2 is 1.86 bits per heavy atom. The summed E-state index contributed by atoms with van der Waals surface area (Å²) in [6.45, 7) is 6.96. The second kappa shape index (κ2) is 7.35. The molecule has 1 heterocycles. The van der Waals surface area contributed by atoms with Crippen molar-refractivity contribution in [1.82, 2.24) is 13.9 Å². The smallest absolute Gasteiger partial charge is 0.282 e. The molecule has 1 fully saturated rings. The Kier molecular flexibility index (Phi) is 5.75. The fourth-order valence-electron chi connectivity index (χ4n) is 2.46. The lowest BCUT2D eigenvalue weighted by Crippen LogP contribution is -2.53. The Balaban J connectivity index is 2.22. The molecule has 1 aromatic carbocycles. The van der Waals surface area contributed by atoms with E-state index in [0.29, 0.717) is 19.6 Å². The minimum absolute atomic E-state index is 0.00917. The van der Waals surface area contributed by atoms with Crippen LogP contribution >= 0.6 is 0 Å². The first-order valence-corrected chi connectivity index (χ1v) is 8.97. The maximum absolute atomic E-state index is 12.9. The van der Waals surface area contributed by atoms with Gasteiger partial charge in [-0.25, -0.2) is 0 Å². The van der Waals surface area contributed by atoms with Crippen LogP contribution in [0.4, 0.5) is 0 Å². The molecular weight excluding hydrogens is 286 g/mol. The topological polar surface area (TPSA) is 52.7 Å². The highest BCUT2D eigenvalue weighted by molar-refractivity contribution is 7.86. The molecule has 0 aromatic heterocycles. The van der Waals surface area contributed by atoms with Gasteiger partial charge in [0, 0.05) is 38.8 Å². The van der Waals surface area contributed by atoms with Crippen LogP contribution in [0, 0.1) is 0 Å². The minimum Gasteiger partial charge on any atom is -0.314 e. The van der Waals surface area contributed by atoms with E-state index >= 15 is 0 Å². The van der Waals surface area contributed by atoms with Crippen molar-refractivity contribution in [3.05, 3.63) is 35.9 Å². The summed E-state index contributed by atoms with van der Waals surface area (Å²) >= 11 is 0. The summed E-state index contributed by atoms with van der Waals surface area (Å²) in [4.78, 5) is 0. The number of piperazine rings is 1. The fraction of sp³-hybridized carbons (Fsp3) is 0.600. The van der Waals surface area contributed by atoms with Crippen LogP contribution in [0.5, 0.6) is 0 Å². The van der Waals surface area contributed by atoms with Crippen LogP contribution < -0.4 is 5.32 Å². The van der Waals surface area contributed by atoms with Crippen LogP contribution in [0.3, 0.4) is 0 Å². The summed E-state index contributed by atoms with van der Waals surface area (Å²) < 4.78 is 29.1. The van der Waals surface area contributed by atoms with Crippen LogP contribution in [0.1, 0.15) is 25.8 Å². The third-order valence-corrected chi connectivity index (χ3v) is 6.06. The first kappa shape index (κ1) is 16.4. The van der Waals surface area contributed by atoms with E-state index in [1.165, 1.54) is 0 Å². The van der Waals surface area contributed by atoms with Gasteiger partial charge in [0.25, 0.3) is 10.2 Å². The van der Waals surface area contributed by atoms with Gasteiger partial charge in [0.05, 0.1) is 0 Å². The van der Waals surface area contributed by atoms with Crippen molar-refractivity contribution in [3.63, 3.8) is 0 Å². The first-order chi connectivity index (χ1) is 10.1. The summed E-state index contributed by atoms with van der Waals surface area (Å²) in [6.07, 6.45) is 0.804. The number of benzene rings is 1. The molecule has 0 amide bonds. The van der Waals surface area contributed by atoms with Crippen LogP contribution in [0.2, 0.25) is 0 Å². The molecule has 1 atom stereocenters. The highest BCUT2D eigenvalue weighted by atomic mass is 32.2. The van der Waals surface area contributed by atoms with E-state index in [-0.39, 0.29) is 6.04 Å². The molecule has 0 aliphatic carbocycles. The van der Waals surface area contributed by atoms with Crippen LogP contribution in [-0.2, 0) is 16.8 Å². The maximum atomic E-state index is 12.9. The molecule has 1 unspecified atom stereocenters. The number of rotatable bonds is 6. The molecule has 6 heteroatoms. The van der Waals surface area contributed by atoms with Crippen LogP contribution in [0.15, 0.2) is 30.3 Å². The van der Waals surface area contributed by atoms with Gasteiger partial charge in [0.15, 0.2) is 0 Å². The lowest BCUT2D eigenvalue weighted by Gasteiger charge is -2.35. The maximum Gasteiger partial charge on any atom is 0.282 e. The van der Waals surface area contributed by atoms with Crippen molar-refractivity contribution in [1.29, 1.82) is 0 Å². The van der Waals surface area contributed by atoms with Gasteiger partial charge in [-0.05, 0) is 18.9 Å². The molecule has 0 bridgehead atoms. The molecule has 1 N–H and O–H groups in total. The van der Waals surface area contributed by atoms with Gasteiger partial charge >= 0.3 is 0 Å². The van der Waals surface area contributed by atoms with Gasteiger partial charge < -0.3 is 5.32 Å². The highest BCUT2D eigenvalue weighted by Gasteiger charge is 2.33. The molecule has 21 heavy (non-hydrogen) atoms. The number of hydrogen-bond donors (Lipinski definition) is 1. The Bertz CT molecular complexity index is 527. The van der Waals surface area contributed by atoms with Crippen molar-refractivity contribution in [2.45, 2.75) is 32.9 Å². The second-order valence-corrected chi connectivity index (χ2v) is 7.33. The number of nitrogens with zero attached hydrogens (tertiary/aromatic N) is 2. The molecule has 2 rings (SSSR count). The Morgan fingerprint density at radius 1 is 1.24 bits per heavy atom. The number of nitrogens with one attached hydrogen (secondary N) is 1. The molecule has 0 saturated carbocycles. The first-order valence-electron chi connectivity index (χ1n) is 7.57. The Hall–Kier alpha value is -0.950. The second-order valence-electron chi connectivity index (χ2n) is 5.44. The van der Waals surface area contributed by atoms with E-state index in [0.717, 1.165) is 25.1 Å². The molecule has 5 nitrogen and oxygen atoms in total. The van der Waals surface area contributed by atoms with Crippen molar-refractivity contribution >= 4 is 10.2 Å². The predicted octanol–water partition coefficient (Wildman–Crippen LogP) is 1.44. The molecule has 1 aliphatic heterocycles. The number of hydrogen-bond acceptors (Lipinski definition) is 3. The third-order valence-electron chi connectivity index (χ3n) is 3.96. The molecular formula is C15H25N3O2S. The quantitative estimate of drug-likeness (QED) is 0.865. The molecule has 0 radical (unpaired) electrons. The van der Waals surface area contributed by atoms with Crippen LogP contribution in [-0.4, -0.2) is 49.2 Å². The zero-order chi connectivity index (χ0) is 15.3. The summed E-state index contributed by atoms with van der Waals surface area (Å²) in [5.74, 6) is 0. The lowest BCUT2D eigenvalue weighted by atomic mass is 10.2. The van der Waals surface area contributed by atoms with Gasteiger partial charge in [0.1, 0.15) is 0 Å². The van der Waals surface area contributed by atoms with Crippen molar-refractivity contribution in [2.75, 3.05) is 26.2 Å². The van der Waals surface area contributed by atoms with Gasteiger partial charge in [-0.3, -0.25) is 0 Å². The van der Waals surface area contributed by atoms with E-state index in [9.17, 15) is 8.42 Å². The predicted molar refractivity (Wildman–Crippen MR) is 85.1 cm³/mol. The summed E-state index contributed by atoms with van der Waals surface area (Å²) in [5.41, 5.74) is 1.02. The van der Waals surface area contributed by atoms with Gasteiger partial charge in [-0.15, -0.1) is 0 Å². The minimum atomic E-state index is -3.41. The molecule has 0 spiro atoms. The third kappa shape index (κ3) is 4.03. The molecule has 1 aliphatic rings. The summed E-state index contributed by atoms with van der Waals surface area (Å²) in [7, 11) is -3.41. The zero-order valence-electron chi connectivity index (χ0n) is 12.8. The average Bonchev–Trinajstić information content (AvgIpc) is 2.53. The standard InChI is InChI=1S/C15H25N3O2S/c1-3-14(2)18(13-15-7-5-4-6-8-15)21(19,20)17-11-9-16-10-12-17/h4-8,14,16H,3,9-13H2,1-2H3.